The number of hydrogen-bond acceptors (Lipinski definition) is 5. The van der Waals surface area contributed by atoms with Crippen LogP contribution in [0.1, 0.15) is 12.5 Å². The highest BCUT2D eigenvalue weighted by atomic mass is 16.6. The minimum atomic E-state index is -0.459. The van der Waals surface area contributed by atoms with Crippen LogP contribution in [0.2, 0.25) is 0 Å². The number of rotatable bonds is 6. The van der Waals surface area contributed by atoms with Crippen molar-refractivity contribution >= 4 is 0 Å². The maximum absolute atomic E-state index is 10.6. The maximum atomic E-state index is 10.6. The predicted molar refractivity (Wildman–Crippen MR) is 59.8 cm³/mol. The van der Waals surface area contributed by atoms with Gasteiger partial charge in [-0.3, -0.25) is 10.3 Å². The first-order valence-electron chi connectivity index (χ1n) is 4.94. The SMILES string of the molecule is CCNC(=CNCc1cccnc1)[N+](=O)[O-]. The molecular weight excluding hydrogens is 208 g/mol. The first-order valence-corrected chi connectivity index (χ1v) is 4.94. The third-order valence-corrected chi connectivity index (χ3v) is 1.82. The summed E-state index contributed by atoms with van der Waals surface area (Å²) in [5.74, 6) is -0.0357. The molecule has 0 aliphatic rings. The Bertz CT molecular complexity index is 364. The number of nitro groups is 1. The van der Waals surface area contributed by atoms with Crippen molar-refractivity contribution < 1.29 is 4.92 Å². The largest absolute Gasteiger partial charge is 0.380 e. The number of nitrogens with zero attached hydrogens (tertiary/aromatic N) is 2. The van der Waals surface area contributed by atoms with Crippen LogP contribution >= 0.6 is 0 Å². The summed E-state index contributed by atoms with van der Waals surface area (Å²) in [5, 5.41) is 16.1. The molecule has 0 atom stereocenters. The number of nitrogens with one attached hydrogen (secondary N) is 2. The van der Waals surface area contributed by atoms with Crippen molar-refractivity contribution in [1.82, 2.24) is 15.6 Å². The minimum Gasteiger partial charge on any atom is -0.380 e. The second kappa shape index (κ2) is 6.39. The Morgan fingerprint density at radius 1 is 1.69 bits per heavy atom. The third kappa shape index (κ3) is 3.95. The molecule has 0 aliphatic carbocycles. The van der Waals surface area contributed by atoms with Crippen LogP contribution in [-0.2, 0) is 6.54 Å². The van der Waals surface area contributed by atoms with E-state index < -0.39 is 4.92 Å². The number of pyridine rings is 1. The smallest absolute Gasteiger partial charge is 0.331 e. The van der Waals surface area contributed by atoms with Crippen LogP contribution in [0.3, 0.4) is 0 Å². The summed E-state index contributed by atoms with van der Waals surface area (Å²) < 4.78 is 0. The van der Waals surface area contributed by atoms with E-state index in [4.69, 9.17) is 0 Å². The molecule has 86 valence electrons. The fourth-order valence-electron chi connectivity index (χ4n) is 1.12. The zero-order chi connectivity index (χ0) is 11.8. The van der Waals surface area contributed by atoms with Crippen LogP contribution in [0, 0.1) is 10.1 Å². The molecule has 0 aliphatic heterocycles. The van der Waals surface area contributed by atoms with Crippen LogP contribution in [-0.4, -0.2) is 16.5 Å². The van der Waals surface area contributed by atoms with E-state index >= 15 is 0 Å². The lowest BCUT2D eigenvalue weighted by molar-refractivity contribution is -0.432. The van der Waals surface area contributed by atoms with Gasteiger partial charge in [-0.1, -0.05) is 6.07 Å². The first kappa shape index (κ1) is 12.0. The van der Waals surface area contributed by atoms with Crippen molar-refractivity contribution in [3.8, 4) is 0 Å². The third-order valence-electron chi connectivity index (χ3n) is 1.82. The van der Waals surface area contributed by atoms with Gasteiger partial charge in [0.05, 0.1) is 12.7 Å². The molecule has 0 amide bonds. The van der Waals surface area contributed by atoms with Crippen molar-refractivity contribution in [3.63, 3.8) is 0 Å². The fraction of sp³-hybridized carbons (Fsp3) is 0.300. The summed E-state index contributed by atoms with van der Waals surface area (Å²) in [6, 6.07) is 3.71. The van der Waals surface area contributed by atoms with E-state index in [0.717, 1.165) is 5.56 Å². The van der Waals surface area contributed by atoms with E-state index in [2.05, 4.69) is 15.6 Å². The summed E-state index contributed by atoms with van der Waals surface area (Å²) in [5.41, 5.74) is 0.970. The Balaban J connectivity index is 2.48. The quantitative estimate of drug-likeness (QED) is 0.551. The lowest BCUT2D eigenvalue weighted by Crippen LogP contribution is -2.22. The van der Waals surface area contributed by atoms with Crippen molar-refractivity contribution in [1.29, 1.82) is 0 Å². The van der Waals surface area contributed by atoms with Gasteiger partial charge in [-0.05, 0) is 23.5 Å². The highest BCUT2D eigenvalue weighted by Crippen LogP contribution is 1.95. The van der Waals surface area contributed by atoms with E-state index in [1.165, 1.54) is 6.20 Å². The highest BCUT2D eigenvalue weighted by molar-refractivity contribution is 5.08. The van der Waals surface area contributed by atoms with Crippen LogP contribution in [0.15, 0.2) is 36.5 Å². The number of hydrogen-bond donors (Lipinski definition) is 2. The summed E-state index contributed by atoms with van der Waals surface area (Å²) in [6.45, 7) is 2.83. The molecule has 1 heterocycles. The molecule has 0 fully saturated rings. The summed E-state index contributed by atoms with van der Waals surface area (Å²) in [7, 11) is 0. The molecule has 16 heavy (non-hydrogen) atoms. The van der Waals surface area contributed by atoms with Crippen molar-refractivity contribution in [2.75, 3.05) is 6.54 Å². The van der Waals surface area contributed by atoms with Crippen LogP contribution in [0.5, 0.6) is 0 Å². The van der Waals surface area contributed by atoms with Gasteiger partial charge in [-0.2, -0.15) is 0 Å². The molecule has 2 N–H and O–H groups in total. The molecule has 0 saturated heterocycles. The fourth-order valence-corrected chi connectivity index (χ4v) is 1.12. The van der Waals surface area contributed by atoms with Gasteiger partial charge in [0, 0.05) is 18.9 Å². The van der Waals surface area contributed by atoms with Gasteiger partial charge >= 0.3 is 5.82 Å². The number of aromatic nitrogens is 1. The Morgan fingerprint density at radius 3 is 3.06 bits per heavy atom. The Labute approximate surface area is 93.5 Å². The molecular formula is C10H14N4O2. The topological polar surface area (TPSA) is 80.1 Å². The zero-order valence-electron chi connectivity index (χ0n) is 9.01. The normalized spacial score (nSPS) is 10.9. The van der Waals surface area contributed by atoms with Gasteiger partial charge in [-0.15, -0.1) is 0 Å². The van der Waals surface area contributed by atoms with Crippen molar-refractivity contribution in [3.05, 3.63) is 52.2 Å². The van der Waals surface area contributed by atoms with Crippen LogP contribution in [0.25, 0.3) is 0 Å². The molecule has 0 bridgehead atoms. The second-order valence-corrected chi connectivity index (χ2v) is 3.06. The average molecular weight is 222 g/mol. The molecule has 1 aromatic rings. The molecule has 0 unspecified atom stereocenters. The lowest BCUT2D eigenvalue weighted by atomic mass is 10.3. The summed E-state index contributed by atoms with van der Waals surface area (Å²) in [6.07, 6.45) is 4.75. The zero-order valence-corrected chi connectivity index (χ0v) is 9.01. The Kier molecular flexibility index (Phi) is 4.78. The summed E-state index contributed by atoms with van der Waals surface area (Å²) in [4.78, 5) is 14.0. The molecule has 1 aromatic heterocycles. The van der Waals surface area contributed by atoms with E-state index in [0.29, 0.717) is 13.1 Å². The molecule has 6 heteroatoms. The van der Waals surface area contributed by atoms with Gasteiger partial charge < -0.3 is 15.4 Å². The van der Waals surface area contributed by atoms with E-state index in [9.17, 15) is 10.1 Å². The standard InChI is InChI=1S/C10H14N4O2/c1-2-13-10(14(15)16)8-12-7-9-4-3-5-11-6-9/h3-6,8,12-13H,2,7H2,1H3. The lowest BCUT2D eigenvalue weighted by Gasteiger charge is -2.03. The highest BCUT2D eigenvalue weighted by Gasteiger charge is 2.04. The van der Waals surface area contributed by atoms with E-state index in [1.54, 1.807) is 19.3 Å². The summed E-state index contributed by atoms with van der Waals surface area (Å²) >= 11 is 0. The molecule has 0 spiro atoms. The maximum Gasteiger partial charge on any atom is 0.331 e. The van der Waals surface area contributed by atoms with E-state index in [1.807, 2.05) is 12.1 Å². The molecule has 0 radical (unpaired) electrons. The van der Waals surface area contributed by atoms with Gasteiger partial charge in [0.1, 0.15) is 0 Å². The molecule has 1 rings (SSSR count). The Morgan fingerprint density at radius 2 is 2.50 bits per heavy atom. The van der Waals surface area contributed by atoms with Crippen molar-refractivity contribution in [2.45, 2.75) is 13.5 Å². The second-order valence-electron chi connectivity index (χ2n) is 3.06. The van der Waals surface area contributed by atoms with E-state index in [-0.39, 0.29) is 5.82 Å². The Hall–Kier alpha value is -2.11. The molecule has 0 aromatic carbocycles. The predicted octanol–water partition coefficient (Wildman–Crippen LogP) is 0.856. The van der Waals surface area contributed by atoms with Crippen molar-refractivity contribution in [2.24, 2.45) is 0 Å². The van der Waals surface area contributed by atoms with Crippen LogP contribution in [0.4, 0.5) is 0 Å². The molecule has 0 saturated carbocycles. The van der Waals surface area contributed by atoms with Gasteiger partial charge in [0.15, 0.2) is 0 Å². The average Bonchev–Trinajstić information content (AvgIpc) is 2.29. The van der Waals surface area contributed by atoms with Crippen LogP contribution < -0.4 is 10.6 Å². The van der Waals surface area contributed by atoms with Gasteiger partial charge in [0.2, 0.25) is 0 Å². The minimum absolute atomic E-state index is 0.0357. The first-order chi connectivity index (χ1) is 7.74. The van der Waals surface area contributed by atoms with Gasteiger partial charge in [0.25, 0.3) is 0 Å². The molecule has 6 nitrogen and oxygen atoms in total. The monoisotopic (exact) mass is 222 g/mol. The van der Waals surface area contributed by atoms with Gasteiger partial charge in [-0.25, -0.2) is 0 Å².